The molecule has 2 N–H and O–H groups in total. The molecular formula is C12H13FN2O3. The first-order chi connectivity index (χ1) is 8.61. The van der Waals surface area contributed by atoms with Crippen LogP contribution in [0.25, 0.3) is 11.0 Å². The molecule has 5 nitrogen and oxygen atoms in total. The van der Waals surface area contributed by atoms with E-state index in [1.807, 2.05) is 0 Å². The molecule has 0 fully saturated rings. The zero-order valence-electron chi connectivity index (χ0n) is 9.64. The predicted octanol–water partition coefficient (Wildman–Crippen LogP) is 1.18. The minimum absolute atomic E-state index is 0.0444. The second kappa shape index (κ2) is 5.14. The number of hydrogen-bond donors (Lipinski definition) is 2. The number of aliphatic hydroxyl groups excluding tert-OH is 1. The van der Waals surface area contributed by atoms with Crippen LogP contribution in [-0.4, -0.2) is 32.3 Å². The first-order valence-electron chi connectivity index (χ1n) is 5.59. The van der Waals surface area contributed by atoms with Crippen LogP contribution in [0.5, 0.6) is 0 Å². The smallest absolute Gasteiger partial charge is 0.303 e. The summed E-state index contributed by atoms with van der Waals surface area (Å²) in [5, 5.41) is 17.7. The van der Waals surface area contributed by atoms with Crippen LogP contribution in [0.2, 0.25) is 0 Å². The Morgan fingerprint density at radius 2 is 2.22 bits per heavy atom. The van der Waals surface area contributed by atoms with Gasteiger partial charge in [0.2, 0.25) is 0 Å². The van der Waals surface area contributed by atoms with Crippen molar-refractivity contribution >= 4 is 17.0 Å². The van der Waals surface area contributed by atoms with Gasteiger partial charge in [0.1, 0.15) is 11.6 Å². The van der Waals surface area contributed by atoms with Gasteiger partial charge in [0.25, 0.3) is 0 Å². The zero-order chi connectivity index (χ0) is 13.1. The van der Waals surface area contributed by atoms with Crippen molar-refractivity contribution < 1.29 is 19.4 Å². The van der Waals surface area contributed by atoms with E-state index in [-0.39, 0.29) is 25.3 Å². The Labute approximate surface area is 102 Å². The van der Waals surface area contributed by atoms with Crippen LogP contribution in [0, 0.1) is 5.82 Å². The number of carboxylic acids is 1. The number of fused-ring (bicyclic) bond motifs is 1. The van der Waals surface area contributed by atoms with Crippen molar-refractivity contribution in [3.8, 4) is 0 Å². The van der Waals surface area contributed by atoms with Gasteiger partial charge in [0.05, 0.1) is 24.1 Å². The number of carboxylic acid groups (broad SMARTS) is 1. The number of aromatic nitrogens is 2. The van der Waals surface area contributed by atoms with E-state index in [0.29, 0.717) is 23.4 Å². The molecule has 6 heteroatoms. The SMILES string of the molecule is O=C(O)CCc1nc2cc(F)ccc2n1CCO. The average molecular weight is 252 g/mol. The minimum atomic E-state index is -0.913. The van der Waals surface area contributed by atoms with Gasteiger partial charge in [-0.25, -0.2) is 9.37 Å². The van der Waals surface area contributed by atoms with Gasteiger partial charge in [-0.2, -0.15) is 0 Å². The maximum atomic E-state index is 13.1. The third-order valence-electron chi connectivity index (χ3n) is 2.68. The summed E-state index contributed by atoms with van der Waals surface area (Å²) in [4.78, 5) is 14.8. The molecule has 0 saturated heterocycles. The largest absolute Gasteiger partial charge is 0.481 e. The highest BCUT2D eigenvalue weighted by Gasteiger charge is 2.12. The molecule has 0 aliphatic rings. The molecule has 0 aliphatic heterocycles. The number of hydrogen-bond acceptors (Lipinski definition) is 3. The summed E-state index contributed by atoms with van der Waals surface area (Å²) in [5.74, 6) is -0.753. The van der Waals surface area contributed by atoms with E-state index < -0.39 is 5.97 Å². The Morgan fingerprint density at radius 3 is 2.89 bits per heavy atom. The summed E-state index contributed by atoms with van der Waals surface area (Å²) in [5.41, 5.74) is 1.18. The summed E-state index contributed by atoms with van der Waals surface area (Å²) >= 11 is 0. The predicted molar refractivity (Wildman–Crippen MR) is 62.7 cm³/mol. The van der Waals surface area contributed by atoms with E-state index in [0.717, 1.165) is 0 Å². The first-order valence-corrected chi connectivity index (χ1v) is 5.59. The Hall–Kier alpha value is -1.95. The van der Waals surface area contributed by atoms with Crippen LogP contribution < -0.4 is 0 Å². The number of benzene rings is 1. The maximum absolute atomic E-state index is 13.1. The number of imidazole rings is 1. The fraction of sp³-hybridized carbons (Fsp3) is 0.333. The summed E-state index contributed by atoms with van der Waals surface area (Å²) < 4.78 is 14.8. The van der Waals surface area contributed by atoms with Gasteiger partial charge < -0.3 is 14.8 Å². The molecule has 2 rings (SSSR count). The van der Waals surface area contributed by atoms with Gasteiger partial charge in [-0.3, -0.25) is 4.79 Å². The van der Waals surface area contributed by atoms with Crippen LogP contribution in [0.3, 0.4) is 0 Å². The van der Waals surface area contributed by atoms with Crippen LogP contribution in [0.1, 0.15) is 12.2 Å². The van der Waals surface area contributed by atoms with Crippen molar-refractivity contribution in [2.45, 2.75) is 19.4 Å². The topological polar surface area (TPSA) is 75.3 Å². The number of aryl methyl sites for hydroxylation is 1. The van der Waals surface area contributed by atoms with Crippen molar-refractivity contribution in [2.75, 3.05) is 6.61 Å². The Morgan fingerprint density at radius 1 is 1.44 bits per heavy atom. The second-order valence-electron chi connectivity index (χ2n) is 3.93. The van der Waals surface area contributed by atoms with E-state index in [2.05, 4.69) is 4.98 Å². The molecule has 0 spiro atoms. The van der Waals surface area contributed by atoms with E-state index in [4.69, 9.17) is 10.2 Å². The molecule has 0 bridgehead atoms. The van der Waals surface area contributed by atoms with E-state index in [9.17, 15) is 9.18 Å². The highest BCUT2D eigenvalue weighted by atomic mass is 19.1. The molecule has 2 aromatic rings. The van der Waals surface area contributed by atoms with Gasteiger partial charge in [0.15, 0.2) is 0 Å². The summed E-state index contributed by atoms with van der Waals surface area (Å²) in [7, 11) is 0. The third kappa shape index (κ3) is 2.48. The lowest BCUT2D eigenvalue weighted by atomic mass is 10.3. The molecule has 18 heavy (non-hydrogen) atoms. The van der Waals surface area contributed by atoms with Gasteiger partial charge in [-0.05, 0) is 12.1 Å². The summed E-state index contributed by atoms with van der Waals surface area (Å²) in [6.07, 6.45) is 0.211. The fourth-order valence-electron chi connectivity index (χ4n) is 1.91. The molecule has 1 aromatic carbocycles. The highest BCUT2D eigenvalue weighted by molar-refractivity contribution is 5.76. The monoisotopic (exact) mass is 252 g/mol. The number of aliphatic hydroxyl groups is 1. The van der Waals surface area contributed by atoms with Crippen molar-refractivity contribution in [1.82, 2.24) is 9.55 Å². The number of aliphatic carboxylic acids is 1. The standard InChI is InChI=1S/C12H13FN2O3/c13-8-1-2-10-9(7-8)14-11(3-4-12(17)18)15(10)5-6-16/h1-2,7,16H,3-6H2,(H,17,18). The number of carbonyl (C=O) groups is 1. The molecule has 0 atom stereocenters. The number of halogens is 1. The molecule has 0 aliphatic carbocycles. The maximum Gasteiger partial charge on any atom is 0.303 e. The van der Waals surface area contributed by atoms with Crippen LogP contribution in [0.15, 0.2) is 18.2 Å². The van der Waals surface area contributed by atoms with Gasteiger partial charge >= 0.3 is 5.97 Å². The number of rotatable bonds is 5. The lowest BCUT2D eigenvalue weighted by Gasteiger charge is -2.06. The van der Waals surface area contributed by atoms with Crippen molar-refractivity contribution in [3.05, 3.63) is 29.8 Å². The second-order valence-corrected chi connectivity index (χ2v) is 3.93. The zero-order valence-corrected chi connectivity index (χ0v) is 9.64. The van der Waals surface area contributed by atoms with E-state index in [1.165, 1.54) is 12.1 Å². The average Bonchev–Trinajstić information content (AvgIpc) is 2.64. The molecule has 96 valence electrons. The quantitative estimate of drug-likeness (QED) is 0.838. The van der Waals surface area contributed by atoms with E-state index >= 15 is 0 Å². The molecule has 0 unspecified atom stereocenters. The Balaban J connectivity index is 2.43. The number of nitrogens with zero attached hydrogens (tertiary/aromatic N) is 2. The van der Waals surface area contributed by atoms with E-state index in [1.54, 1.807) is 10.6 Å². The summed E-state index contributed by atoms with van der Waals surface area (Å²) in [6, 6.07) is 4.20. The van der Waals surface area contributed by atoms with Crippen molar-refractivity contribution in [2.24, 2.45) is 0 Å². The summed E-state index contributed by atoms with van der Waals surface area (Å²) in [6.45, 7) is 0.236. The Bertz CT molecular complexity index is 580. The molecular weight excluding hydrogens is 239 g/mol. The fourth-order valence-corrected chi connectivity index (χ4v) is 1.91. The van der Waals surface area contributed by atoms with Crippen LogP contribution >= 0.6 is 0 Å². The van der Waals surface area contributed by atoms with Crippen molar-refractivity contribution in [3.63, 3.8) is 0 Å². The first kappa shape index (κ1) is 12.5. The lowest BCUT2D eigenvalue weighted by molar-refractivity contribution is -0.137. The lowest BCUT2D eigenvalue weighted by Crippen LogP contribution is -2.09. The van der Waals surface area contributed by atoms with Gasteiger partial charge in [-0.15, -0.1) is 0 Å². The highest BCUT2D eigenvalue weighted by Crippen LogP contribution is 2.18. The Kier molecular flexibility index (Phi) is 3.57. The van der Waals surface area contributed by atoms with Crippen molar-refractivity contribution in [1.29, 1.82) is 0 Å². The molecule has 1 aromatic heterocycles. The van der Waals surface area contributed by atoms with Crippen LogP contribution in [0.4, 0.5) is 4.39 Å². The third-order valence-corrected chi connectivity index (χ3v) is 2.68. The molecule has 0 radical (unpaired) electrons. The van der Waals surface area contributed by atoms with Gasteiger partial charge in [-0.1, -0.05) is 0 Å². The van der Waals surface area contributed by atoms with Gasteiger partial charge in [0, 0.05) is 19.0 Å². The minimum Gasteiger partial charge on any atom is -0.481 e. The molecule has 0 saturated carbocycles. The normalized spacial score (nSPS) is 11.0. The molecule has 1 heterocycles. The molecule has 0 amide bonds. The van der Waals surface area contributed by atoms with Crippen LogP contribution in [-0.2, 0) is 17.8 Å².